The highest BCUT2D eigenvalue weighted by Gasteiger charge is 2.38. The third-order valence-electron chi connectivity index (χ3n) is 4.03. The molecule has 2 aromatic rings. The predicted octanol–water partition coefficient (Wildman–Crippen LogP) is 1.91. The maximum Gasteiger partial charge on any atom is 0.232 e. The fraction of sp³-hybridized carbons (Fsp3) is 0.571. The Bertz CT molecular complexity index is 708. The smallest absolute Gasteiger partial charge is 0.232 e. The van der Waals surface area contributed by atoms with Gasteiger partial charge in [0.15, 0.2) is 0 Å². The molecule has 0 unspecified atom stereocenters. The Morgan fingerprint density at radius 3 is 2.73 bits per heavy atom. The van der Waals surface area contributed by atoms with E-state index in [4.69, 9.17) is 4.74 Å². The molecular formula is C14H19N5O2S. The van der Waals surface area contributed by atoms with Crippen LogP contribution in [0.25, 0.3) is 0 Å². The van der Waals surface area contributed by atoms with E-state index in [9.17, 15) is 4.79 Å². The van der Waals surface area contributed by atoms with E-state index in [1.54, 1.807) is 0 Å². The molecule has 1 amide bonds. The van der Waals surface area contributed by atoms with Crippen LogP contribution in [0, 0.1) is 26.7 Å². The van der Waals surface area contributed by atoms with Gasteiger partial charge < -0.3 is 10.1 Å². The Morgan fingerprint density at radius 2 is 2.14 bits per heavy atom. The van der Waals surface area contributed by atoms with Gasteiger partial charge in [-0.2, -0.15) is 5.10 Å². The van der Waals surface area contributed by atoms with Crippen LogP contribution in [-0.2, 0) is 16.6 Å². The largest absolute Gasteiger partial charge is 0.373 e. The summed E-state index contributed by atoms with van der Waals surface area (Å²) in [6.07, 6.45) is 0.449. The van der Waals surface area contributed by atoms with E-state index in [-0.39, 0.29) is 17.9 Å². The van der Waals surface area contributed by atoms with Crippen molar-refractivity contribution in [3.05, 3.63) is 22.0 Å². The van der Waals surface area contributed by atoms with Crippen LogP contribution in [0.1, 0.15) is 34.5 Å². The second-order valence-electron chi connectivity index (χ2n) is 5.51. The van der Waals surface area contributed by atoms with Gasteiger partial charge in [0.05, 0.1) is 17.7 Å². The molecule has 1 fully saturated rings. The summed E-state index contributed by atoms with van der Waals surface area (Å²) in [5.41, 5.74) is 2.97. The summed E-state index contributed by atoms with van der Waals surface area (Å²) >= 11 is 1.37. The minimum absolute atomic E-state index is 0.0682. The first-order chi connectivity index (χ1) is 10.5. The van der Waals surface area contributed by atoms with Crippen LogP contribution in [0.3, 0.4) is 0 Å². The van der Waals surface area contributed by atoms with Gasteiger partial charge in [0, 0.05) is 24.9 Å². The number of rotatable bonds is 3. The number of ether oxygens (including phenoxy) is 1. The van der Waals surface area contributed by atoms with Crippen LogP contribution in [0.5, 0.6) is 0 Å². The highest BCUT2D eigenvalue weighted by molar-refractivity contribution is 7.15. The van der Waals surface area contributed by atoms with Crippen molar-refractivity contribution in [1.82, 2.24) is 20.0 Å². The second kappa shape index (κ2) is 5.77. The Morgan fingerprint density at radius 1 is 1.36 bits per heavy atom. The van der Waals surface area contributed by atoms with Crippen LogP contribution in [0.15, 0.2) is 0 Å². The molecule has 118 valence electrons. The van der Waals surface area contributed by atoms with Gasteiger partial charge in [-0.15, -0.1) is 10.2 Å². The maximum atomic E-state index is 12.6. The Hall–Kier alpha value is -1.80. The molecule has 1 aliphatic rings. The fourth-order valence-electron chi connectivity index (χ4n) is 2.89. The number of carbonyl (C=O) groups is 1. The normalized spacial score (nSPS) is 21.3. The SMILES string of the molecule is Cc1nnc(NC(=O)[C@H]2CCO[C@@H]2c2c(C)nn(C)c2C)s1. The lowest BCUT2D eigenvalue weighted by Crippen LogP contribution is -2.25. The van der Waals surface area contributed by atoms with Gasteiger partial charge in [0.25, 0.3) is 0 Å². The monoisotopic (exact) mass is 321 g/mol. The lowest BCUT2D eigenvalue weighted by molar-refractivity contribution is -0.121. The predicted molar refractivity (Wildman–Crippen MR) is 82.8 cm³/mol. The quantitative estimate of drug-likeness (QED) is 0.934. The number of carbonyl (C=O) groups excluding carboxylic acids is 1. The second-order valence-corrected chi connectivity index (χ2v) is 6.69. The Kier molecular flexibility index (Phi) is 3.96. The molecule has 0 aliphatic carbocycles. The summed E-state index contributed by atoms with van der Waals surface area (Å²) in [6.45, 7) is 6.38. The van der Waals surface area contributed by atoms with Crippen molar-refractivity contribution in [3.63, 3.8) is 0 Å². The van der Waals surface area contributed by atoms with E-state index in [0.717, 1.165) is 22.0 Å². The molecule has 2 aromatic heterocycles. The molecule has 0 aromatic carbocycles. The minimum Gasteiger partial charge on any atom is -0.373 e. The van der Waals surface area contributed by atoms with E-state index < -0.39 is 0 Å². The van der Waals surface area contributed by atoms with Gasteiger partial charge in [0.2, 0.25) is 11.0 Å². The van der Waals surface area contributed by atoms with Crippen molar-refractivity contribution in [2.45, 2.75) is 33.3 Å². The van der Waals surface area contributed by atoms with Gasteiger partial charge in [-0.3, -0.25) is 9.48 Å². The number of anilines is 1. The first-order valence-corrected chi connectivity index (χ1v) is 8.01. The average Bonchev–Trinajstić information content (AvgIpc) is 3.12. The molecule has 1 saturated heterocycles. The highest BCUT2D eigenvalue weighted by atomic mass is 32.1. The molecule has 3 rings (SSSR count). The number of amides is 1. The van der Waals surface area contributed by atoms with E-state index in [0.29, 0.717) is 18.2 Å². The van der Waals surface area contributed by atoms with E-state index in [1.165, 1.54) is 11.3 Å². The van der Waals surface area contributed by atoms with E-state index in [1.807, 2.05) is 32.5 Å². The van der Waals surface area contributed by atoms with E-state index in [2.05, 4.69) is 20.6 Å². The first-order valence-electron chi connectivity index (χ1n) is 7.20. The first kappa shape index (κ1) is 15.1. The molecule has 0 saturated carbocycles. The summed E-state index contributed by atoms with van der Waals surface area (Å²) in [7, 11) is 1.90. The lowest BCUT2D eigenvalue weighted by atomic mass is 9.93. The van der Waals surface area contributed by atoms with Crippen LogP contribution in [0.2, 0.25) is 0 Å². The topological polar surface area (TPSA) is 81.9 Å². The van der Waals surface area contributed by atoms with Crippen molar-refractivity contribution in [1.29, 1.82) is 0 Å². The molecule has 22 heavy (non-hydrogen) atoms. The van der Waals surface area contributed by atoms with Gasteiger partial charge in [0.1, 0.15) is 5.01 Å². The van der Waals surface area contributed by atoms with Gasteiger partial charge >= 0.3 is 0 Å². The molecule has 2 atom stereocenters. The van der Waals surface area contributed by atoms with Crippen molar-refractivity contribution in [2.75, 3.05) is 11.9 Å². The average molecular weight is 321 g/mol. The number of nitrogens with zero attached hydrogens (tertiary/aromatic N) is 4. The van der Waals surface area contributed by atoms with Gasteiger partial charge in [-0.25, -0.2) is 0 Å². The van der Waals surface area contributed by atoms with Crippen LogP contribution < -0.4 is 5.32 Å². The fourth-order valence-corrected chi connectivity index (χ4v) is 3.48. The molecule has 1 aliphatic heterocycles. The van der Waals surface area contributed by atoms with Gasteiger partial charge in [-0.05, 0) is 27.2 Å². The number of hydrogen-bond acceptors (Lipinski definition) is 6. The molecule has 1 N–H and O–H groups in total. The zero-order valence-corrected chi connectivity index (χ0v) is 13.9. The molecule has 0 bridgehead atoms. The van der Waals surface area contributed by atoms with Crippen LogP contribution >= 0.6 is 11.3 Å². The number of aryl methyl sites for hydroxylation is 3. The number of nitrogens with one attached hydrogen (secondary N) is 1. The molecule has 3 heterocycles. The maximum absolute atomic E-state index is 12.6. The summed E-state index contributed by atoms with van der Waals surface area (Å²) in [5, 5.41) is 16.5. The zero-order valence-electron chi connectivity index (χ0n) is 13.1. The molecule has 0 radical (unpaired) electrons. The zero-order chi connectivity index (χ0) is 15.9. The van der Waals surface area contributed by atoms with Crippen LogP contribution in [0.4, 0.5) is 5.13 Å². The standard InChI is InChI=1S/C14H19N5O2S/c1-7-11(8(2)19(4)18-7)12-10(5-6-21-12)13(20)15-14-17-16-9(3)22-14/h10,12H,5-6H2,1-4H3,(H,15,17,20)/t10-,12-/m0/s1. The number of hydrogen-bond donors (Lipinski definition) is 1. The molecular weight excluding hydrogens is 302 g/mol. The molecule has 0 spiro atoms. The molecule has 8 heteroatoms. The third kappa shape index (κ3) is 2.64. The summed E-state index contributed by atoms with van der Waals surface area (Å²) in [6, 6.07) is 0. The van der Waals surface area contributed by atoms with Crippen LogP contribution in [-0.4, -0.2) is 32.5 Å². The third-order valence-corrected chi connectivity index (χ3v) is 4.79. The lowest BCUT2D eigenvalue weighted by Gasteiger charge is -2.18. The van der Waals surface area contributed by atoms with Crippen molar-refractivity contribution in [2.24, 2.45) is 13.0 Å². The Balaban J connectivity index is 1.82. The minimum atomic E-state index is -0.247. The van der Waals surface area contributed by atoms with Gasteiger partial charge in [-0.1, -0.05) is 11.3 Å². The summed E-state index contributed by atoms with van der Waals surface area (Å²) in [4.78, 5) is 12.6. The number of aromatic nitrogens is 4. The Labute approximate surface area is 132 Å². The highest BCUT2D eigenvalue weighted by Crippen LogP contribution is 2.38. The van der Waals surface area contributed by atoms with Crippen molar-refractivity contribution in [3.8, 4) is 0 Å². The van der Waals surface area contributed by atoms with E-state index >= 15 is 0 Å². The molecule has 7 nitrogen and oxygen atoms in total. The van der Waals surface area contributed by atoms with Crippen molar-refractivity contribution >= 4 is 22.4 Å². The summed E-state index contributed by atoms with van der Waals surface area (Å²) < 4.78 is 7.67. The van der Waals surface area contributed by atoms with Crippen molar-refractivity contribution < 1.29 is 9.53 Å². The summed E-state index contributed by atoms with van der Waals surface area (Å²) in [5.74, 6) is -0.299.